The molecule has 0 atom stereocenters. The molecule has 0 aromatic heterocycles. The molecule has 0 rings (SSSR count). The second kappa shape index (κ2) is 7.93. The molecule has 0 aliphatic heterocycles. The monoisotopic (exact) mass is 246 g/mol. The lowest BCUT2D eigenvalue weighted by Crippen LogP contribution is -2.19. The minimum absolute atomic E-state index is 0.0133. The van der Waals surface area contributed by atoms with Crippen LogP contribution < -0.4 is 0 Å². The lowest BCUT2D eigenvalue weighted by atomic mass is 10.2. The van der Waals surface area contributed by atoms with E-state index in [9.17, 15) is 9.59 Å². The third kappa shape index (κ3) is 4.49. The molecular weight excluding hydrogens is 232 g/mol. The molecule has 0 fully saturated rings. The zero-order valence-electron chi connectivity index (χ0n) is 9.58. The maximum atomic E-state index is 11.5. The molecule has 0 aromatic carbocycles. The maximum Gasteiger partial charge on any atom is 0.347 e. The molecule has 4 nitrogen and oxygen atoms in total. The van der Waals surface area contributed by atoms with Crippen molar-refractivity contribution >= 4 is 23.5 Å². The predicted molar refractivity (Wildman–Crippen MR) is 61.0 cm³/mol. The number of carbonyl (C=O) groups is 2. The van der Waals surface area contributed by atoms with Gasteiger partial charge in [-0.05, 0) is 26.8 Å². The highest BCUT2D eigenvalue weighted by Gasteiger charge is 2.24. The fourth-order valence-corrected chi connectivity index (χ4v) is 1.19. The number of carbonyl (C=O) groups excluding carboxylic acids is 2. The summed E-state index contributed by atoms with van der Waals surface area (Å²) in [4.78, 5) is 23.0. The summed E-state index contributed by atoms with van der Waals surface area (Å²) in [5.74, 6) is -1.55. The van der Waals surface area contributed by atoms with Crippen molar-refractivity contribution in [2.24, 2.45) is 0 Å². The first-order chi connectivity index (χ1) is 7.58. The molecule has 16 heavy (non-hydrogen) atoms. The van der Waals surface area contributed by atoms with Crippen molar-refractivity contribution in [1.82, 2.24) is 0 Å². The van der Waals surface area contributed by atoms with Crippen LogP contribution >= 0.6 is 11.6 Å². The summed E-state index contributed by atoms with van der Waals surface area (Å²) < 4.78 is 9.45. The van der Waals surface area contributed by atoms with Gasteiger partial charge in [-0.15, -0.1) is 0 Å². The van der Waals surface area contributed by atoms with Crippen molar-refractivity contribution in [2.75, 3.05) is 13.2 Å². The van der Waals surface area contributed by atoms with Gasteiger partial charge in [-0.3, -0.25) is 0 Å². The smallest absolute Gasteiger partial charge is 0.347 e. The summed E-state index contributed by atoms with van der Waals surface area (Å²) in [6.07, 6.45) is 3.05. The SMILES string of the molecule is C/C=C/C(Cl)=C(C(=O)OCC)C(=O)OCC. The highest BCUT2D eigenvalue weighted by atomic mass is 35.5. The van der Waals surface area contributed by atoms with Gasteiger partial charge in [0.1, 0.15) is 0 Å². The quantitative estimate of drug-likeness (QED) is 0.245. The van der Waals surface area contributed by atoms with Crippen LogP contribution in [-0.4, -0.2) is 25.2 Å². The lowest BCUT2D eigenvalue weighted by molar-refractivity contribution is -0.146. The molecule has 0 bridgehead atoms. The van der Waals surface area contributed by atoms with E-state index in [4.69, 9.17) is 21.1 Å². The maximum absolute atomic E-state index is 11.5. The Bertz CT molecular complexity index is 298. The van der Waals surface area contributed by atoms with Crippen molar-refractivity contribution in [3.63, 3.8) is 0 Å². The van der Waals surface area contributed by atoms with Crippen LogP contribution in [0.5, 0.6) is 0 Å². The van der Waals surface area contributed by atoms with Crippen LogP contribution in [0.3, 0.4) is 0 Å². The Morgan fingerprint density at radius 3 is 1.88 bits per heavy atom. The molecule has 0 aromatic rings. The van der Waals surface area contributed by atoms with Gasteiger partial charge >= 0.3 is 11.9 Å². The molecule has 0 unspecified atom stereocenters. The van der Waals surface area contributed by atoms with Gasteiger partial charge in [0.15, 0.2) is 5.57 Å². The zero-order chi connectivity index (χ0) is 12.6. The molecule has 0 amide bonds. The van der Waals surface area contributed by atoms with Crippen LogP contribution in [-0.2, 0) is 19.1 Å². The highest BCUT2D eigenvalue weighted by molar-refractivity contribution is 6.36. The Morgan fingerprint density at radius 2 is 1.56 bits per heavy atom. The molecule has 0 spiro atoms. The molecule has 0 aliphatic rings. The molecule has 0 N–H and O–H groups in total. The van der Waals surface area contributed by atoms with Crippen LogP contribution in [0.4, 0.5) is 0 Å². The van der Waals surface area contributed by atoms with Crippen LogP contribution in [0.2, 0.25) is 0 Å². The number of hydrogen-bond acceptors (Lipinski definition) is 4. The van der Waals surface area contributed by atoms with Crippen molar-refractivity contribution in [1.29, 1.82) is 0 Å². The first-order valence-electron chi connectivity index (χ1n) is 4.95. The highest BCUT2D eigenvalue weighted by Crippen LogP contribution is 2.15. The number of rotatable bonds is 5. The van der Waals surface area contributed by atoms with Gasteiger partial charge in [-0.2, -0.15) is 0 Å². The second-order valence-corrected chi connectivity index (χ2v) is 3.07. The minimum Gasteiger partial charge on any atom is -0.462 e. The summed E-state index contributed by atoms with van der Waals surface area (Å²) in [6, 6.07) is 0. The van der Waals surface area contributed by atoms with E-state index in [0.717, 1.165) is 0 Å². The Hall–Kier alpha value is -1.29. The molecule has 90 valence electrons. The van der Waals surface area contributed by atoms with Crippen molar-refractivity contribution < 1.29 is 19.1 Å². The molecule has 0 heterocycles. The van der Waals surface area contributed by atoms with E-state index in [1.54, 1.807) is 26.8 Å². The molecular formula is C11H15ClO4. The lowest BCUT2D eigenvalue weighted by Gasteiger charge is -2.07. The summed E-state index contributed by atoms with van der Waals surface area (Å²) in [5, 5.41) is 0.0133. The molecule has 0 saturated carbocycles. The molecule has 0 aliphatic carbocycles. The summed E-state index contributed by atoms with van der Waals surface area (Å²) in [5.41, 5.74) is -0.275. The average molecular weight is 247 g/mol. The van der Waals surface area contributed by atoms with E-state index in [2.05, 4.69) is 0 Å². The Labute approximate surface area is 99.9 Å². The molecule has 0 saturated heterocycles. The van der Waals surface area contributed by atoms with E-state index in [-0.39, 0.29) is 23.8 Å². The number of halogens is 1. The number of allylic oxidation sites excluding steroid dienone is 3. The van der Waals surface area contributed by atoms with E-state index in [0.29, 0.717) is 0 Å². The average Bonchev–Trinajstić information content (AvgIpc) is 2.19. The largest absolute Gasteiger partial charge is 0.462 e. The zero-order valence-corrected chi connectivity index (χ0v) is 10.3. The van der Waals surface area contributed by atoms with E-state index >= 15 is 0 Å². The van der Waals surface area contributed by atoms with Gasteiger partial charge in [0.25, 0.3) is 0 Å². The third-order valence-electron chi connectivity index (χ3n) is 1.51. The molecule has 5 heteroatoms. The van der Waals surface area contributed by atoms with Crippen LogP contribution in [0.15, 0.2) is 22.8 Å². The van der Waals surface area contributed by atoms with Crippen LogP contribution in [0.1, 0.15) is 20.8 Å². The fraction of sp³-hybridized carbons (Fsp3) is 0.455. The summed E-state index contributed by atoms with van der Waals surface area (Å²) in [6.45, 7) is 5.34. The molecule has 0 radical (unpaired) electrons. The number of ether oxygens (including phenoxy) is 2. The second-order valence-electron chi connectivity index (χ2n) is 2.66. The van der Waals surface area contributed by atoms with Gasteiger partial charge in [-0.1, -0.05) is 17.7 Å². The van der Waals surface area contributed by atoms with E-state index < -0.39 is 11.9 Å². The Balaban J connectivity index is 5.12. The normalized spacial score (nSPS) is 10.0. The number of esters is 2. The summed E-state index contributed by atoms with van der Waals surface area (Å²) in [7, 11) is 0. The van der Waals surface area contributed by atoms with Crippen LogP contribution in [0, 0.1) is 0 Å². The van der Waals surface area contributed by atoms with Crippen molar-refractivity contribution in [3.8, 4) is 0 Å². The topological polar surface area (TPSA) is 52.6 Å². The first-order valence-corrected chi connectivity index (χ1v) is 5.32. The van der Waals surface area contributed by atoms with Gasteiger partial charge in [0.2, 0.25) is 0 Å². The van der Waals surface area contributed by atoms with Gasteiger partial charge in [0.05, 0.1) is 18.2 Å². The number of hydrogen-bond donors (Lipinski definition) is 0. The standard InChI is InChI=1S/C11H15ClO4/c1-4-7-8(12)9(10(13)15-5-2)11(14)16-6-3/h4,7H,5-6H2,1-3H3/b7-4+. The first kappa shape index (κ1) is 14.7. The van der Waals surface area contributed by atoms with Gasteiger partial charge < -0.3 is 9.47 Å². The fourth-order valence-electron chi connectivity index (χ4n) is 0.915. The summed E-state index contributed by atoms with van der Waals surface area (Å²) >= 11 is 5.80. The third-order valence-corrected chi connectivity index (χ3v) is 1.83. The van der Waals surface area contributed by atoms with Gasteiger partial charge in [0, 0.05) is 0 Å². The Kier molecular flexibility index (Phi) is 7.29. The van der Waals surface area contributed by atoms with Crippen molar-refractivity contribution in [2.45, 2.75) is 20.8 Å². The van der Waals surface area contributed by atoms with Crippen LogP contribution in [0.25, 0.3) is 0 Å². The Morgan fingerprint density at radius 1 is 1.12 bits per heavy atom. The van der Waals surface area contributed by atoms with E-state index in [1.165, 1.54) is 6.08 Å². The van der Waals surface area contributed by atoms with Gasteiger partial charge in [-0.25, -0.2) is 9.59 Å². The predicted octanol–water partition coefficient (Wildman–Crippen LogP) is 2.18. The minimum atomic E-state index is -0.774. The van der Waals surface area contributed by atoms with Crippen molar-refractivity contribution in [3.05, 3.63) is 22.8 Å². The van der Waals surface area contributed by atoms with E-state index in [1.807, 2.05) is 0 Å².